The van der Waals surface area contributed by atoms with Crippen molar-refractivity contribution in [2.75, 3.05) is 11.1 Å². The van der Waals surface area contributed by atoms with Crippen molar-refractivity contribution in [3.8, 4) is 0 Å². The van der Waals surface area contributed by atoms with E-state index in [1.165, 1.54) is 12.1 Å². The molecule has 5 N–H and O–H groups in total. The highest BCUT2D eigenvalue weighted by atomic mass is 32.2. The van der Waals surface area contributed by atoms with Gasteiger partial charge in [0, 0.05) is 36.7 Å². The van der Waals surface area contributed by atoms with Gasteiger partial charge in [-0.25, -0.2) is 13.6 Å². The number of hydrogen-bond acceptors (Lipinski definition) is 5. The molecule has 0 aliphatic rings. The average molecular weight is 295 g/mol. The van der Waals surface area contributed by atoms with Gasteiger partial charge >= 0.3 is 0 Å². The first kappa shape index (κ1) is 14.4. The van der Waals surface area contributed by atoms with Crippen molar-refractivity contribution in [1.29, 1.82) is 0 Å². The Morgan fingerprint density at radius 1 is 1.35 bits per heavy atom. The molecule has 0 radical (unpaired) electrons. The zero-order valence-electron chi connectivity index (χ0n) is 11.3. The summed E-state index contributed by atoms with van der Waals surface area (Å²) in [6, 6.07) is 4.44. The Bertz CT molecular complexity index is 736. The number of nitrogens with one attached hydrogen (secondary N) is 1. The number of rotatable bonds is 4. The number of hydrogen-bond donors (Lipinski definition) is 3. The maximum Gasteiger partial charge on any atom is 0.238 e. The van der Waals surface area contributed by atoms with Gasteiger partial charge in [0.1, 0.15) is 0 Å². The summed E-state index contributed by atoms with van der Waals surface area (Å²) in [4.78, 5) is -0.0112. The molecule has 8 heteroatoms. The number of benzene rings is 1. The van der Waals surface area contributed by atoms with Crippen molar-refractivity contribution in [3.05, 3.63) is 35.7 Å². The van der Waals surface area contributed by atoms with E-state index in [-0.39, 0.29) is 4.90 Å². The molecule has 0 atom stereocenters. The summed E-state index contributed by atoms with van der Waals surface area (Å²) >= 11 is 0. The van der Waals surface area contributed by atoms with Crippen molar-refractivity contribution in [1.82, 2.24) is 9.78 Å². The highest BCUT2D eigenvalue weighted by molar-refractivity contribution is 7.89. The SMILES string of the molecule is Cc1nn(C)cc1CNc1cc(N)cc(S(N)(=O)=O)c1. The predicted octanol–water partition coefficient (Wildman–Crippen LogP) is 0.570. The van der Waals surface area contributed by atoms with Crippen LogP contribution >= 0.6 is 0 Å². The van der Waals surface area contributed by atoms with E-state index in [2.05, 4.69) is 10.4 Å². The molecule has 1 aromatic carbocycles. The second-order valence-corrected chi connectivity index (χ2v) is 6.16. The fraction of sp³-hybridized carbons (Fsp3) is 0.250. The Kier molecular flexibility index (Phi) is 3.69. The average Bonchev–Trinajstić information content (AvgIpc) is 2.63. The summed E-state index contributed by atoms with van der Waals surface area (Å²) in [6.07, 6.45) is 1.90. The molecular weight excluding hydrogens is 278 g/mol. The van der Waals surface area contributed by atoms with Gasteiger partial charge in [0.25, 0.3) is 0 Å². The van der Waals surface area contributed by atoms with E-state index in [9.17, 15) is 8.42 Å². The molecule has 0 unspecified atom stereocenters. The quantitative estimate of drug-likeness (QED) is 0.713. The number of aromatic nitrogens is 2. The molecule has 0 aliphatic carbocycles. The molecule has 0 saturated heterocycles. The Morgan fingerprint density at radius 3 is 2.60 bits per heavy atom. The summed E-state index contributed by atoms with van der Waals surface area (Å²) in [7, 11) is -1.93. The summed E-state index contributed by atoms with van der Waals surface area (Å²) in [5, 5.41) is 12.5. The minimum atomic E-state index is -3.77. The zero-order valence-corrected chi connectivity index (χ0v) is 12.1. The van der Waals surface area contributed by atoms with Crippen LogP contribution in [0, 0.1) is 6.92 Å². The fourth-order valence-electron chi connectivity index (χ4n) is 1.91. The van der Waals surface area contributed by atoms with Gasteiger partial charge in [0.2, 0.25) is 10.0 Å². The maximum atomic E-state index is 11.4. The topological polar surface area (TPSA) is 116 Å². The number of primary sulfonamides is 1. The van der Waals surface area contributed by atoms with E-state index in [4.69, 9.17) is 10.9 Å². The van der Waals surface area contributed by atoms with Crippen LogP contribution in [0.1, 0.15) is 11.3 Å². The summed E-state index contributed by atoms with van der Waals surface area (Å²) < 4.78 is 24.4. The lowest BCUT2D eigenvalue weighted by Gasteiger charge is -2.08. The van der Waals surface area contributed by atoms with Crippen LogP contribution in [-0.2, 0) is 23.6 Å². The molecule has 7 nitrogen and oxygen atoms in total. The molecule has 108 valence electrons. The molecule has 1 heterocycles. The monoisotopic (exact) mass is 295 g/mol. The lowest BCUT2D eigenvalue weighted by molar-refractivity contribution is 0.598. The minimum Gasteiger partial charge on any atom is -0.399 e. The van der Waals surface area contributed by atoms with E-state index in [0.717, 1.165) is 11.3 Å². The molecule has 0 aliphatic heterocycles. The van der Waals surface area contributed by atoms with Crippen LogP contribution in [0.3, 0.4) is 0 Å². The van der Waals surface area contributed by atoms with Gasteiger partial charge in [-0.2, -0.15) is 5.10 Å². The first-order valence-electron chi connectivity index (χ1n) is 5.92. The van der Waals surface area contributed by atoms with Crippen LogP contribution in [0.5, 0.6) is 0 Å². The molecule has 0 spiro atoms. The number of sulfonamides is 1. The fourth-order valence-corrected chi connectivity index (χ4v) is 2.50. The number of anilines is 2. The van der Waals surface area contributed by atoms with E-state index in [1.807, 2.05) is 20.2 Å². The number of nitrogens with zero attached hydrogens (tertiary/aromatic N) is 2. The largest absolute Gasteiger partial charge is 0.399 e. The van der Waals surface area contributed by atoms with Gasteiger partial charge in [-0.1, -0.05) is 0 Å². The van der Waals surface area contributed by atoms with Gasteiger partial charge in [-0.15, -0.1) is 0 Å². The number of aryl methyl sites for hydroxylation is 2. The third-order valence-corrected chi connectivity index (χ3v) is 3.75. The van der Waals surface area contributed by atoms with Gasteiger partial charge in [0.05, 0.1) is 10.6 Å². The lowest BCUT2D eigenvalue weighted by atomic mass is 10.2. The molecule has 2 aromatic rings. The van der Waals surface area contributed by atoms with Crippen molar-refractivity contribution in [2.24, 2.45) is 12.2 Å². The van der Waals surface area contributed by atoms with Gasteiger partial charge in [0.15, 0.2) is 0 Å². The molecule has 2 rings (SSSR count). The third-order valence-electron chi connectivity index (χ3n) is 2.86. The van der Waals surface area contributed by atoms with E-state index in [1.54, 1.807) is 10.7 Å². The Labute approximate surface area is 117 Å². The molecular formula is C12H17N5O2S. The van der Waals surface area contributed by atoms with Crippen molar-refractivity contribution in [2.45, 2.75) is 18.4 Å². The molecule has 0 saturated carbocycles. The minimum absolute atomic E-state index is 0.0112. The summed E-state index contributed by atoms with van der Waals surface area (Å²) in [5.41, 5.74) is 8.55. The predicted molar refractivity (Wildman–Crippen MR) is 77.5 cm³/mol. The van der Waals surface area contributed by atoms with Crippen LogP contribution in [0.25, 0.3) is 0 Å². The van der Waals surface area contributed by atoms with Gasteiger partial charge < -0.3 is 11.1 Å². The Hall–Kier alpha value is -2.06. The molecule has 0 bridgehead atoms. The summed E-state index contributed by atoms with van der Waals surface area (Å²) in [5.74, 6) is 0. The summed E-state index contributed by atoms with van der Waals surface area (Å²) in [6.45, 7) is 2.43. The highest BCUT2D eigenvalue weighted by Gasteiger charge is 2.10. The van der Waals surface area contributed by atoms with Crippen molar-refractivity contribution >= 4 is 21.4 Å². The van der Waals surface area contributed by atoms with Gasteiger partial charge in [-0.05, 0) is 25.1 Å². The number of nitrogens with two attached hydrogens (primary N) is 2. The van der Waals surface area contributed by atoms with Crippen LogP contribution in [0.15, 0.2) is 29.3 Å². The zero-order chi connectivity index (χ0) is 14.9. The molecule has 20 heavy (non-hydrogen) atoms. The van der Waals surface area contributed by atoms with Crippen LogP contribution in [0.4, 0.5) is 11.4 Å². The molecule has 1 aromatic heterocycles. The van der Waals surface area contributed by atoms with E-state index >= 15 is 0 Å². The maximum absolute atomic E-state index is 11.4. The first-order chi connectivity index (χ1) is 9.25. The molecule has 0 fully saturated rings. The standard InChI is InChI=1S/C12H17N5O2S/c1-8-9(7-17(2)16-8)6-15-11-3-10(13)4-12(5-11)20(14,18)19/h3-5,7,15H,6,13H2,1-2H3,(H2,14,18,19). The second-order valence-electron chi connectivity index (χ2n) is 4.60. The Balaban J connectivity index is 2.22. The third kappa shape index (κ3) is 3.28. The van der Waals surface area contributed by atoms with Crippen molar-refractivity contribution in [3.63, 3.8) is 0 Å². The van der Waals surface area contributed by atoms with Gasteiger partial charge in [-0.3, -0.25) is 4.68 Å². The van der Waals surface area contributed by atoms with E-state index < -0.39 is 10.0 Å². The van der Waals surface area contributed by atoms with E-state index in [0.29, 0.717) is 17.9 Å². The van der Waals surface area contributed by atoms with Crippen LogP contribution < -0.4 is 16.2 Å². The Morgan fingerprint density at radius 2 is 2.05 bits per heavy atom. The van der Waals surface area contributed by atoms with Crippen molar-refractivity contribution < 1.29 is 8.42 Å². The molecule has 0 amide bonds. The highest BCUT2D eigenvalue weighted by Crippen LogP contribution is 2.20. The normalized spacial score (nSPS) is 11.6. The van der Waals surface area contributed by atoms with Crippen LogP contribution in [0.2, 0.25) is 0 Å². The van der Waals surface area contributed by atoms with Crippen LogP contribution in [-0.4, -0.2) is 18.2 Å². The smallest absolute Gasteiger partial charge is 0.238 e. The number of nitrogen functional groups attached to an aromatic ring is 1. The second kappa shape index (κ2) is 5.14. The lowest BCUT2D eigenvalue weighted by Crippen LogP contribution is -2.13. The first-order valence-corrected chi connectivity index (χ1v) is 7.47.